The van der Waals surface area contributed by atoms with Crippen LogP contribution >= 0.6 is 0 Å². The molecule has 0 spiro atoms. The minimum Gasteiger partial charge on any atom is -0.302 e. The minimum atomic E-state index is -1.04. The van der Waals surface area contributed by atoms with Crippen LogP contribution in [0.2, 0.25) is 0 Å². The van der Waals surface area contributed by atoms with E-state index in [0.29, 0.717) is 12.8 Å². The Morgan fingerprint density at radius 3 is 2.50 bits per heavy atom. The SMILES string of the molecule is CCC(=O)CCCN1C(=O)C(=O)c2c(F)ccc(F)c21. The Labute approximate surface area is 114 Å². The van der Waals surface area contributed by atoms with Gasteiger partial charge in [0.25, 0.3) is 11.7 Å². The van der Waals surface area contributed by atoms with Crippen LogP contribution in [0.15, 0.2) is 12.1 Å². The maximum absolute atomic E-state index is 13.7. The van der Waals surface area contributed by atoms with Crippen LogP contribution in [-0.2, 0) is 9.59 Å². The van der Waals surface area contributed by atoms with E-state index in [1.54, 1.807) is 6.92 Å². The van der Waals surface area contributed by atoms with E-state index in [9.17, 15) is 23.2 Å². The van der Waals surface area contributed by atoms with Crippen molar-refractivity contribution in [2.45, 2.75) is 26.2 Å². The van der Waals surface area contributed by atoms with Gasteiger partial charge in [0.05, 0.1) is 11.3 Å². The number of ketones is 2. The maximum Gasteiger partial charge on any atom is 0.299 e. The average molecular weight is 281 g/mol. The van der Waals surface area contributed by atoms with Gasteiger partial charge in [-0.15, -0.1) is 0 Å². The fraction of sp³-hybridized carbons (Fsp3) is 0.357. The summed E-state index contributed by atoms with van der Waals surface area (Å²) in [5.74, 6) is -3.70. The number of carbonyl (C=O) groups is 3. The van der Waals surface area contributed by atoms with Gasteiger partial charge in [0.2, 0.25) is 0 Å². The highest BCUT2D eigenvalue weighted by Gasteiger charge is 2.40. The molecular formula is C14H13F2NO3. The molecule has 0 saturated heterocycles. The van der Waals surface area contributed by atoms with Crippen LogP contribution in [0.25, 0.3) is 0 Å². The molecule has 0 saturated carbocycles. The molecule has 0 atom stereocenters. The molecule has 1 aromatic rings. The zero-order valence-electron chi connectivity index (χ0n) is 10.9. The fourth-order valence-electron chi connectivity index (χ4n) is 2.18. The molecule has 2 rings (SSSR count). The van der Waals surface area contributed by atoms with Gasteiger partial charge in [-0.25, -0.2) is 8.78 Å². The summed E-state index contributed by atoms with van der Waals surface area (Å²) in [7, 11) is 0. The first-order valence-electron chi connectivity index (χ1n) is 6.33. The predicted octanol–water partition coefficient (Wildman–Crippen LogP) is 2.25. The van der Waals surface area contributed by atoms with Gasteiger partial charge < -0.3 is 4.90 Å². The lowest BCUT2D eigenvalue weighted by Gasteiger charge is -2.16. The zero-order chi connectivity index (χ0) is 14.9. The number of Topliss-reactive ketones (excluding diaryl/α,β-unsaturated/α-hetero) is 2. The number of benzene rings is 1. The van der Waals surface area contributed by atoms with Crippen LogP contribution in [0.3, 0.4) is 0 Å². The van der Waals surface area contributed by atoms with Crippen LogP contribution in [0.4, 0.5) is 14.5 Å². The smallest absolute Gasteiger partial charge is 0.299 e. The van der Waals surface area contributed by atoms with Gasteiger partial charge in [0.1, 0.15) is 17.4 Å². The lowest BCUT2D eigenvalue weighted by Crippen LogP contribution is -2.31. The molecular weight excluding hydrogens is 268 g/mol. The molecule has 1 aromatic carbocycles. The number of hydrogen-bond donors (Lipinski definition) is 0. The Hall–Kier alpha value is -2.11. The number of hydrogen-bond acceptors (Lipinski definition) is 3. The molecule has 0 aromatic heterocycles. The Balaban J connectivity index is 2.25. The molecule has 1 aliphatic heterocycles. The first kappa shape index (κ1) is 14.3. The van der Waals surface area contributed by atoms with Gasteiger partial charge in [-0.05, 0) is 18.6 Å². The normalized spacial score (nSPS) is 13.8. The summed E-state index contributed by atoms with van der Waals surface area (Å²) >= 11 is 0. The van der Waals surface area contributed by atoms with Crippen molar-refractivity contribution in [1.82, 2.24) is 0 Å². The second kappa shape index (κ2) is 5.48. The van der Waals surface area contributed by atoms with E-state index in [1.807, 2.05) is 0 Å². The summed E-state index contributed by atoms with van der Waals surface area (Å²) in [5, 5.41) is 0. The van der Waals surface area contributed by atoms with Crippen molar-refractivity contribution >= 4 is 23.2 Å². The summed E-state index contributed by atoms with van der Waals surface area (Å²) < 4.78 is 27.3. The van der Waals surface area contributed by atoms with Crippen LogP contribution in [0.5, 0.6) is 0 Å². The van der Waals surface area contributed by atoms with Crippen molar-refractivity contribution in [3.05, 3.63) is 29.3 Å². The number of halogens is 2. The van der Waals surface area contributed by atoms with E-state index < -0.39 is 28.9 Å². The Morgan fingerprint density at radius 1 is 1.20 bits per heavy atom. The first-order valence-corrected chi connectivity index (χ1v) is 6.33. The molecule has 0 unspecified atom stereocenters. The number of carbonyl (C=O) groups excluding carboxylic acids is 3. The summed E-state index contributed by atoms with van der Waals surface area (Å²) in [6.07, 6.45) is 0.925. The summed E-state index contributed by atoms with van der Waals surface area (Å²) in [5.41, 5.74) is -0.833. The second-order valence-electron chi connectivity index (χ2n) is 4.53. The van der Waals surface area contributed by atoms with E-state index in [0.717, 1.165) is 17.0 Å². The van der Waals surface area contributed by atoms with E-state index in [-0.39, 0.29) is 24.4 Å². The third kappa shape index (κ3) is 2.33. The molecule has 0 bridgehead atoms. The lowest BCUT2D eigenvalue weighted by atomic mass is 10.1. The zero-order valence-corrected chi connectivity index (χ0v) is 10.9. The highest BCUT2D eigenvalue weighted by Crippen LogP contribution is 2.33. The van der Waals surface area contributed by atoms with Crippen molar-refractivity contribution in [1.29, 1.82) is 0 Å². The van der Waals surface area contributed by atoms with Gasteiger partial charge in [-0.3, -0.25) is 14.4 Å². The number of nitrogens with zero attached hydrogens (tertiary/aromatic N) is 1. The van der Waals surface area contributed by atoms with Crippen LogP contribution < -0.4 is 4.90 Å². The largest absolute Gasteiger partial charge is 0.302 e. The third-order valence-electron chi connectivity index (χ3n) is 3.25. The van der Waals surface area contributed by atoms with Crippen molar-refractivity contribution in [2.24, 2.45) is 0 Å². The topological polar surface area (TPSA) is 54.5 Å². The van der Waals surface area contributed by atoms with Gasteiger partial charge >= 0.3 is 0 Å². The molecule has 6 heteroatoms. The highest BCUT2D eigenvalue weighted by atomic mass is 19.1. The van der Waals surface area contributed by atoms with Crippen molar-refractivity contribution in [3.8, 4) is 0 Å². The van der Waals surface area contributed by atoms with Crippen molar-refractivity contribution in [3.63, 3.8) is 0 Å². The molecule has 20 heavy (non-hydrogen) atoms. The van der Waals surface area contributed by atoms with E-state index in [4.69, 9.17) is 0 Å². The number of anilines is 1. The fourth-order valence-corrected chi connectivity index (χ4v) is 2.18. The molecule has 0 aliphatic carbocycles. The van der Waals surface area contributed by atoms with E-state index in [2.05, 4.69) is 0 Å². The van der Waals surface area contributed by atoms with E-state index in [1.165, 1.54) is 0 Å². The highest BCUT2D eigenvalue weighted by molar-refractivity contribution is 6.52. The summed E-state index contributed by atoms with van der Waals surface area (Å²) in [6.45, 7) is 1.74. The van der Waals surface area contributed by atoms with Crippen molar-refractivity contribution in [2.75, 3.05) is 11.4 Å². The third-order valence-corrected chi connectivity index (χ3v) is 3.25. The molecule has 106 valence electrons. The van der Waals surface area contributed by atoms with Crippen molar-refractivity contribution < 1.29 is 23.2 Å². The molecule has 1 amide bonds. The number of rotatable bonds is 5. The molecule has 4 nitrogen and oxygen atoms in total. The predicted molar refractivity (Wildman–Crippen MR) is 67.6 cm³/mol. The monoisotopic (exact) mass is 281 g/mol. The van der Waals surface area contributed by atoms with Crippen LogP contribution in [0.1, 0.15) is 36.5 Å². The molecule has 0 fully saturated rings. The lowest BCUT2D eigenvalue weighted by molar-refractivity contribution is -0.119. The second-order valence-corrected chi connectivity index (χ2v) is 4.53. The molecule has 0 radical (unpaired) electrons. The molecule has 0 N–H and O–H groups in total. The number of amides is 1. The Kier molecular flexibility index (Phi) is 3.92. The minimum absolute atomic E-state index is 0.0166. The van der Waals surface area contributed by atoms with Crippen LogP contribution in [-0.4, -0.2) is 24.0 Å². The quantitative estimate of drug-likeness (QED) is 0.778. The van der Waals surface area contributed by atoms with Gasteiger partial charge in [-0.1, -0.05) is 6.92 Å². The summed E-state index contributed by atoms with van der Waals surface area (Å²) in [4.78, 5) is 35.5. The summed E-state index contributed by atoms with van der Waals surface area (Å²) in [6, 6.07) is 1.70. The Morgan fingerprint density at radius 2 is 1.85 bits per heavy atom. The van der Waals surface area contributed by atoms with E-state index >= 15 is 0 Å². The maximum atomic E-state index is 13.7. The van der Waals surface area contributed by atoms with Gasteiger partial charge in [0.15, 0.2) is 0 Å². The standard InChI is InChI=1S/C14H13F2NO3/c1-2-8(18)4-3-7-17-12-10(16)6-5-9(15)11(12)13(19)14(17)20/h5-6H,2-4,7H2,1H3. The molecule has 1 heterocycles. The Bertz CT molecular complexity index is 598. The number of fused-ring (bicyclic) bond motifs is 1. The molecule has 1 aliphatic rings. The van der Waals surface area contributed by atoms with Gasteiger partial charge in [-0.2, -0.15) is 0 Å². The van der Waals surface area contributed by atoms with Crippen LogP contribution in [0, 0.1) is 11.6 Å². The van der Waals surface area contributed by atoms with Gasteiger partial charge in [0, 0.05) is 19.4 Å². The first-order chi connectivity index (χ1) is 9.47. The average Bonchev–Trinajstić information content (AvgIpc) is 2.68.